The van der Waals surface area contributed by atoms with Crippen LogP contribution in [0.25, 0.3) is 0 Å². The third-order valence-electron chi connectivity index (χ3n) is 2.29. The molecular weight excluding hydrogens is 312 g/mol. The summed E-state index contributed by atoms with van der Waals surface area (Å²) in [7, 11) is -7.93. The van der Waals surface area contributed by atoms with Gasteiger partial charge in [0.15, 0.2) is 31.7 Å². The van der Waals surface area contributed by atoms with Gasteiger partial charge >= 0.3 is 0 Å². The van der Waals surface area contributed by atoms with Crippen molar-refractivity contribution < 1.29 is 25.6 Å². The fraction of sp³-hybridized carbons (Fsp3) is 0.364. The lowest BCUT2D eigenvalue weighted by molar-refractivity contribution is 0.534. The van der Waals surface area contributed by atoms with Gasteiger partial charge in [0.25, 0.3) is 0 Å². The van der Waals surface area contributed by atoms with Gasteiger partial charge in [-0.15, -0.1) is 0 Å². The molecule has 1 aromatic rings. The van der Waals surface area contributed by atoms with Crippen LogP contribution in [0, 0.1) is 11.3 Å². The van der Waals surface area contributed by atoms with E-state index in [2.05, 4.69) is 0 Å². The van der Waals surface area contributed by atoms with E-state index in [1.54, 1.807) is 6.07 Å². The Morgan fingerprint density at radius 1 is 0.900 bits per heavy atom. The smallest absolute Gasteiger partial charge is 0.191 e. The second kappa shape index (κ2) is 6.28. The summed E-state index contributed by atoms with van der Waals surface area (Å²) in [5.41, 5.74) is 0.206. The highest BCUT2D eigenvalue weighted by atomic mass is 32.2. The molecule has 1 rings (SSSR count). The van der Waals surface area contributed by atoms with E-state index in [9.17, 15) is 25.6 Å². The van der Waals surface area contributed by atoms with E-state index >= 15 is 0 Å². The first kappa shape index (κ1) is 16.5. The Labute approximate surface area is 115 Å². The summed E-state index contributed by atoms with van der Waals surface area (Å²) in [6, 6.07) is 2.28. The molecule has 0 aliphatic carbocycles. The normalized spacial score (nSPS) is 12.1. The maximum absolute atomic E-state index is 12.3. The summed E-state index contributed by atoms with van der Waals surface area (Å²) in [6.07, 6.45) is 0. The van der Waals surface area contributed by atoms with Crippen LogP contribution in [-0.4, -0.2) is 28.8 Å². The summed E-state index contributed by atoms with van der Waals surface area (Å²) < 4.78 is 69.3. The Balaban J connectivity index is 3.20. The Morgan fingerprint density at radius 3 is 1.60 bits per heavy atom. The molecule has 0 aliphatic rings. The fourth-order valence-corrected chi connectivity index (χ4v) is 3.08. The molecule has 0 amide bonds. The lowest BCUT2D eigenvalue weighted by Crippen LogP contribution is -2.09. The van der Waals surface area contributed by atoms with E-state index < -0.39 is 43.2 Å². The van der Waals surface area contributed by atoms with Crippen molar-refractivity contribution in [3.8, 4) is 6.07 Å². The molecule has 110 valence electrons. The summed E-state index contributed by atoms with van der Waals surface area (Å²) in [4.78, 5) is 0. The number of nitrogens with zero attached hydrogens (tertiary/aromatic N) is 1. The van der Waals surface area contributed by atoms with Crippen LogP contribution in [0.4, 0.5) is 8.78 Å². The zero-order chi connectivity index (χ0) is 15.4. The maximum atomic E-state index is 12.3. The van der Waals surface area contributed by atoms with Crippen molar-refractivity contribution in [2.24, 2.45) is 0 Å². The Morgan fingerprint density at radius 2 is 1.30 bits per heavy atom. The molecule has 0 spiro atoms. The van der Waals surface area contributed by atoms with E-state index in [0.29, 0.717) is 0 Å². The molecule has 0 aromatic heterocycles. The number of hydrogen-bond donors (Lipinski definition) is 0. The molecule has 0 radical (unpaired) electrons. The zero-order valence-electron chi connectivity index (χ0n) is 10.2. The fourth-order valence-electron chi connectivity index (χ4n) is 1.58. The summed E-state index contributed by atoms with van der Waals surface area (Å²) in [6.45, 7) is 0. The van der Waals surface area contributed by atoms with Crippen molar-refractivity contribution in [2.75, 3.05) is 12.0 Å². The molecule has 0 saturated heterocycles. The van der Waals surface area contributed by atoms with E-state index in [1.165, 1.54) is 18.2 Å². The van der Waals surface area contributed by atoms with E-state index in [-0.39, 0.29) is 16.7 Å². The van der Waals surface area contributed by atoms with Crippen molar-refractivity contribution in [1.82, 2.24) is 0 Å². The van der Waals surface area contributed by atoms with Crippen molar-refractivity contribution >= 4 is 19.7 Å². The lowest BCUT2D eigenvalue weighted by atomic mass is 10.1. The van der Waals surface area contributed by atoms with Crippen LogP contribution in [0.2, 0.25) is 0 Å². The van der Waals surface area contributed by atoms with Gasteiger partial charge in [0.1, 0.15) is 0 Å². The lowest BCUT2D eigenvalue weighted by Gasteiger charge is -2.06. The third kappa shape index (κ3) is 4.86. The number of nitriles is 1. The molecule has 0 aliphatic heterocycles. The topological polar surface area (TPSA) is 92.1 Å². The van der Waals surface area contributed by atoms with E-state index in [1.807, 2.05) is 0 Å². The molecular formula is C11H11F2NO4S2. The maximum Gasteiger partial charge on any atom is 0.191 e. The van der Waals surface area contributed by atoms with Crippen LogP contribution >= 0.6 is 0 Å². The van der Waals surface area contributed by atoms with Gasteiger partial charge in [-0.25, -0.2) is 25.6 Å². The molecule has 9 heteroatoms. The van der Waals surface area contributed by atoms with Crippen LogP contribution in [0.15, 0.2) is 18.2 Å². The zero-order valence-corrected chi connectivity index (χ0v) is 11.8. The number of benzene rings is 1. The molecule has 0 fully saturated rings. The molecule has 0 N–H and O–H groups in total. The minimum absolute atomic E-state index is 0.0283. The van der Waals surface area contributed by atoms with Gasteiger partial charge in [-0.05, 0) is 23.3 Å². The number of hydrogen-bond acceptors (Lipinski definition) is 5. The largest absolute Gasteiger partial charge is 0.234 e. The molecule has 5 nitrogen and oxygen atoms in total. The van der Waals surface area contributed by atoms with E-state index in [4.69, 9.17) is 5.26 Å². The van der Waals surface area contributed by atoms with Crippen LogP contribution < -0.4 is 0 Å². The molecule has 0 bridgehead atoms. The molecule has 0 atom stereocenters. The first-order valence-corrected chi connectivity index (χ1v) is 8.91. The van der Waals surface area contributed by atoms with Gasteiger partial charge in [-0.1, -0.05) is 6.07 Å². The highest BCUT2D eigenvalue weighted by Gasteiger charge is 2.16. The Bertz CT molecular complexity index is 682. The highest BCUT2D eigenvalue weighted by Crippen LogP contribution is 2.16. The average Bonchev–Trinajstić information content (AvgIpc) is 2.37. The minimum Gasteiger partial charge on any atom is -0.234 e. The molecule has 0 heterocycles. The van der Waals surface area contributed by atoms with Gasteiger partial charge in [0.05, 0.1) is 23.1 Å². The Hall–Kier alpha value is -1.53. The summed E-state index contributed by atoms with van der Waals surface area (Å²) in [5, 5.41) is 8.80. The van der Waals surface area contributed by atoms with Gasteiger partial charge in [0.2, 0.25) is 0 Å². The first-order chi connectivity index (χ1) is 9.21. The first-order valence-electron chi connectivity index (χ1n) is 5.27. The van der Waals surface area contributed by atoms with Crippen LogP contribution in [0.5, 0.6) is 0 Å². The van der Waals surface area contributed by atoms with Gasteiger partial charge in [-0.3, -0.25) is 0 Å². The van der Waals surface area contributed by atoms with Crippen LogP contribution in [0.1, 0.15) is 16.7 Å². The van der Waals surface area contributed by atoms with Gasteiger partial charge < -0.3 is 0 Å². The highest BCUT2D eigenvalue weighted by molar-refractivity contribution is 7.90. The summed E-state index contributed by atoms with van der Waals surface area (Å²) in [5.74, 6) is -1.30. The van der Waals surface area contributed by atoms with Gasteiger partial charge in [0, 0.05) is 0 Å². The van der Waals surface area contributed by atoms with Crippen LogP contribution in [-0.2, 0) is 31.2 Å². The summed E-state index contributed by atoms with van der Waals surface area (Å²) >= 11 is 0. The average molecular weight is 323 g/mol. The van der Waals surface area contributed by atoms with Crippen molar-refractivity contribution in [1.29, 1.82) is 5.26 Å². The van der Waals surface area contributed by atoms with Crippen molar-refractivity contribution in [3.05, 3.63) is 34.9 Å². The number of rotatable bonds is 6. The predicted molar refractivity (Wildman–Crippen MR) is 68.4 cm³/mol. The standard InChI is InChI=1S/C11H11F2NO4S2/c12-7-19(15,16)5-10-1-9(4-14)2-11(3-10)6-20(17,18)8-13/h1-3H,5-8H2. The minimum atomic E-state index is -3.96. The second-order valence-corrected chi connectivity index (χ2v) is 8.13. The quantitative estimate of drug-likeness (QED) is 0.785. The van der Waals surface area contributed by atoms with Crippen molar-refractivity contribution in [2.45, 2.75) is 11.5 Å². The predicted octanol–water partition coefficient (Wildman–Crippen LogP) is 1.24. The number of sulfone groups is 2. The molecule has 1 aromatic carbocycles. The molecule has 0 saturated carbocycles. The second-order valence-electron chi connectivity index (χ2n) is 4.14. The third-order valence-corrected chi connectivity index (χ3v) is 4.50. The molecule has 20 heavy (non-hydrogen) atoms. The number of halogens is 2. The van der Waals surface area contributed by atoms with E-state index in [0.717, 1.165) is 0 Å². The van der Waals surface area contributed by atoms with Crippen LogP contribution in [0.3, 0.4) is 0 Å². The number of alkyl halides is 2. The monoisotopic (exact) mass is 323 g/mol. The Kier molecular flexibility index (Phi) is 5.19. The molecule has 0 unspecified atom stereocenters. The van der Waals surface area contributed by atoms with Gasteiger partial charge in [-0.2, -0.15) is 5.26 Å². The van der Waals surface area contributed by atoms with Crippen molar-refractivity contribution in [3.63, 3.8) is 0 Å². The SMILES string of the molecule is N#Cc1cc(CS(=O)(=O)CF)cc(CS(=O)(=O)CF)c1.